The molecule has 0 unspecified atom stereocenters. The Morgan fingerprint density at radius 2 is 2.38 bits per heavy atom. The van der Waals surface area contributed by atoms with Gasteiger partial charge in [-0.05, 0) is 23.9 Å². The molecule has 0 aliphatic carbocycles. The van der Waals surface area contributed by atoms with Crippen LogP contribution in [0.4, 0.5) is 0 Å². The van der Waals surface area contributed by atoms with E-state index in [1.165, 1.54) is 18.0 Å². The summed E-state index contributed by atoms with van der Waals surface area (Å²) in [6, 6.07) is 5.18. The highest BCUT2D eigenvalue weighted by Gasteiger charge is 2.06. The minimum Gasteiger partial charge on any atom is -0.440 e. The lowest BCUT2D eigenvalue weighted by Crippen LogP contribution is -2.14. The first-order valence-corrected chi connectivity index (χ1v) is 5.13. The number of oxazole rings is 1. The largest absolute Gasteiger partial charge is 0.440 e. The quantitative estimate of drug-likeness (QED) is 0.361. The third kappa shape index (κ3) is 2.31. The van der Waals surface area contributed by atoms with Crippen LogP contribution in [0.5, 0.6) is 0 Å². The highest BCUT2D eigenvalue weighted by molar-refractivity contribution is 7.99. The minimum atomic E-state index is -0.0325. The maximum atomic E-state index is 8.52. The lowest BCUT2D eigenvalue weighted by atomic mass is 10.3. The van der Waals surface area contributed by atoms with Crippen molar-refractivity contribution < 1.29 is 9.62 Å². The summed E-state index contributed by atoms with van der Waals surface area (Å²) in [7, 11) is 0. The van der Waals surface area contributed by atoms with E-state index in [4.69, 9.17) is 15.4 Å². The van der Waals surface area contributed by atoms with E-state index in [9.17, 15) is 0 Å². The van der Waals surface area contributed by atoms with Gasteiger partial charge in [-0.2, -0.15) is 0 Å². The molecule has 0 spiro atoms. The summed E-state index contributed by atoms with van der Waals surface area (Å²) in [4.78, 5) is 8.12. The van der Waals surface area contributed by atoms with E-state index < -0.39 is 0 Å². The van der Waals surface area contributed by atoms with Crippen molar-refractivity contribution in [2.75, 3.05) is 0 Å². The van der Waals surface area contributed by atoms with Crippen molar-refractivity contribution in [2.45, 2.75) is 10.2 Å². The molecular formula is C9H8N4O2S. The Kier molecular flexibility index (Phi) is 3.06. The van der Waals surface area contributed by atoms with Crippen molar-refractivity contribution in [1.82, 2.24) is 9.97 Å². The molecule has 2 aromatic heterocycles. The van der Waals surface area contributed by atoms with Crippen LogP contribution < -0.4 is 5.73 Å². The molecule has 6 nitrogen and oxygen atoms in total. The maximum Gasteiger partial charge on any atom is 0.261 e. The number of aromatic nitrogens is 2. The molecule has 0 saturated carbocycles. The Balaban J connectivity index is 2.23. The zero-order valence-electron chi connectivity index (χ0n) is 8.07. The number of hydrogen-bond acceptors (Lipinski definition) is 6. The van der Waals surface area contributed by atoms with Gasteiger partial charge in [-0.25, -0.2) is 9.97 Å². The SMILES string of the molecule is N/C(=N/O)c1cccc(Sc2ncco2)n1. The standard InChI is InChI=1S/C9H8N4O2S/c10-8(13-14)6-2-1-3-7(12-6)16-9-11-4-5-15-9/h1-5,14H,(H2,10,13). The van der Waals surface area contributed by atoms with Gasteiger partial charge in [0.05, 0.1) is 6.20 Å². The van der Waals surface area contributed by atoms with Gasteiger partial charge in [0.15, 0.2) is 5.84 Å². The Labute approximate surface area is 95.2 Å². The van der Waals surface area contributed by atoms with Gasteiger partial charge in [0.1, 0.15) is 17.0 Å². The van der Waals surface area contributed by atoms with E-state index >= 15 is 0 Å². The lowest BCUT2D eigenvalue weighted by molar-refractivity contribution is 0.318. The molecule has 82 valence electrons. The molecule has 3 N–H and O–H groups in total. The van der Waals surface area contributed by atoms with Gasteiger partial charge in [-0.3, -0.25) is 0 Å². The number of amidine groups is 1. The van der Waals surface area contributed by atoms with Crippen molar-refractivity contribution in [2.24, 2.45) is 10.9 Å². The van der Waals surface area contributed by atoms with Gasteiger partial charge in [-0.1, -0.05) is 11.2 Å². The molecule has 16 heavy (non-hydrogen) atoms. The molecule has 0 radical (unpaired) electrons. The zero-order valence-corrected chi connectivity index (χ0v) is 8.89. The molecule has 0 aliphatic rings. The molecule has 0 saturated heterocycles. The first-order chi connectivity index (χ1) is 7.79. The number of oxime groups is 1. The predicted octanol–water partition coefficient (Wildman–Crippen LogP) is 1.32. The predicted molar refractivity (Wildman–Crippen MR) is 57.4 cm³/mol. The van der Waals surface area contributed by atoms with Crippen LogP contribution in [0.15, 0.2) is 50.5 Å². The number of pyridine rings is 1. The van der Waals surface area contributed by atoms with E-state index in [1.807, 2.05) is 0 Å². The van der Waals surface area contributed by atoms with Gasteiger partial charge >= 0.3 is 0 Å². The average molecular weight is 236 g/mol. The van der Waals surface area contributed by atoms with Gasteiger partial charge in [0.25, 0.3) is 5.22 Å². The lowest BCUT2D eigenvalue weighted by Gasteiger charge is -2.00. The van der Waals surface area contributed by atoms with Crippen LogP contribution in [0.1, 0.15) is 5.69 Å². The first kappa shape index (κ1) is 10.5. The fraction of sp³-hybridized carbons (Fsp3) is 0. The molecule has 2 heterocycles. The number of nitrogens with two attached hydrogens (primary N) is 1. The normalized spacial score (nSPS) is 11.6. The molecule has 2 rings (SSSR count). The van der Waals surface area contributed by atoms with E-state index in [-0.39, 0.29) is 5.84 Å². The second kappa shape index (κ2) is 4.67. The van der Waals surface area contributed by atoms with Gasteiger partial charge < -0.3 is 15.4 Å². The smallest absolute Gasteiger partial charge is 0.261 e. The number of rotatable bonds is 3. The number of nitrogens with zero attached hydrogens (tertiary/aromatic N) is 3. The summed E-state index contributed by atoms with van der Waals surface area (Å²) in [5.74, 6) is -0.0325. The summed E-state index contributed by atoms with van der Waals surface area (Å²) in [6.07, 6.45) is 3.03. The summed E-state index contributed by atoms with van der Waals surface area (Å²) < 4.78 is 5.07. The van der Waals surface area contributed by atoms with Crippen molar-refractivity contribution in [1.29, 1.82) is 0 Å². The molecule has 2 aromatic rings. The summed E-state index contributed by atoms with van der Waals surface area (Å²) in [5.41, 5.74) is 5.83. The second-order valence-electron chi connectivity index (χ2n) is 2.75. The zero-order chi connectivity index (χ0) is 11.4. The Hall–Kier alpha value is -2.02. The van der Waals surface area contributed by atoms with Crippen LogP contribution in [-0.4, -0.2) is 21.0 Å². The molecule has 0 amide bonds. The Morgan fingerprint density at radius 3 is 3.06 bits per heavy atom. The van der Waals surface area contributed by atoms with E-state index in [0.29, 0.717) is 15.9 Å². The summed E-state index contributed by atoms with van der Waals surface area (Å²) in [6.45, 7) is 0. The van der Waals surface area contributed by atoms with Gasteiger partial charge in [-0.15, -0.1) is 0 Å². The third-order valence-electron chi connectivity index (χ3n) is 1.70. The fourth-order valence-electron chi connectivity index (χ4n) is 1.02. The molecule has 0 bridgehead atoms. The highest BCUT2D eigenvalue weighted by atomic mass is 32.2. The van der Waals surface area contributed by atoms with Gasteiger partial charge in [0.2, 0.25) is 0 Å². The minimum absolute atomic E-state index is 0.0325. The topological polar surface area (TPSA) is 97.5 Å². The van der Waals surface area contributed by atoms with Crippen molar-refractivity contribution in [3.8, 4) is 0 Å². The fourth-order valence-corrected chi connectivity index (χ4v) is 1.70. The summed E-state index contributed by atoms with van der Waals surface area (Å²) >= 11 is 1.26. The van der Waals surface area contributed by atoms with Crippen LogP contribution in [0.2, 0.25) is 0 Å². The van der Waals surface area contributed by atoms with E-state index in [1.54, 1.807) is 24.4 Å². The van der Waals surface area contributed by atoms with Crippen LogP contribution >= 0.6 is 11.8 Å². The monoisotopic (exact) mass is 236 g/mol. The van der Waals surface area contributed by atoms with E-state index in [0.717, 1.165) is 0 Å². The maximum absolute atomic E-state index is 8.52. The highest BCUT2D eigenvalue weighted by Crippen LogP contribution is 2.23. The molecule has 0 aromatic carbocycles. The van der Waals surface area contributed by atoms with Crippen LogP contribution in [0.25, 0.3) is 0 Å². The Morgan fingerprint density at radius 1 is 1.50 bits per heavy atom. The Bertz CT molecular complexity index is 498. The average Bonchev–Trinajstić information content (AvgIpc) is 2.81. The molecule has 0 fully saturated rings. The van der Waals surface area contributed by atoms with Gasteiger partial charge in [0, 0.05) is 0 Å². The van der Waals surface area contributed by atoms with Crippen molar-refractivity contribution in [3.63, 3.8) is 0 Å². The second-order valence-corrected chi connectivity index (χ2v) is 3.72. The third-order valence-corrected chi connectivity index (χ3v) is 2.51. The number of hydrogen-bond donors (Lipinski definition) is 2. The van der Waals surface area contributed by atoms with Crippen LogP contribution in [-0.2, 0) is 0 Å². The van der Waals surface area contributed by atoms with Crippen molar-refractivity contribution in [3.05, 3.63) is 36.4 Å². The first-order valence-electron chi connectivity index (χ1n) is 4.32. The molecule has 0 aliphatic heterocycles. The van der Waals surface area contributed by atoms with Crippen LogP contribution in [0, 0.1) is 0 Å². The van der Waals surface area contributed by atoms with E-state index in [2.05, 4.69) is 15.1 Å². The molecular weight excluding hydrogens is 228 g/mol. The molecule has 7 heteroatoms. The van der Waals surface area contributed by atoms with Crippen molar-refractivity contribution >= 4 is 17.6 Å². The van der Waals surface area contributed by atoms with Crippen LogP contribution in [0.3, 0.4) is 0 Å². The summed E-state index contributed by atoms with van der Waals surface area (Å²) in [5, 5.41) is 12.6. The molecule has 0 atom stereocenters.